The van der Waals surface area contributed by atoms with Gasteiger partial charge in [-0.15, -0.1) is 0 Å². The minimum Gasteiger partial charge on any atom is -0.347 e. The molecule has 102 valence electrons. The van der Waals surface area contributed by atoms with Gasteiger partial charge in [0.1, 0.15) is 0 Å². The number of piperidine rings is 2. The van der Waals surface area contributed by atoms with Crippen molar-refractivity contribution in [2.24, 2.45) is 0 Å². The van der Waals surface area contributed by atoms with E-state index in [4.69, 9.17) is 9.47 Å². The predicted octanol–water partition coefficient (Wildman–Crippen LogP) is 1.43. The molecule has 18 heavy (non-hydrogen) atoms. The molecule has 0 atom stereocenters. The average Bonchev–Trinajstić information content (AvgIpc) is 2.88. The Hall–Kier alpha value is -0.810. The molecule has 3 aliphatic heterocycles. The van der Waals surface area contributed by atoms with Crippen LogP contribution < -0.4 is 0 Å². The van der Waals surface area contributed by atoms with Gasteiger partial charge in [0.05, 0.1) is 13.2 Å². The highest BCUT2D eigenvalue weighted by Crippen LogP contribution is 2.31. The van der Waals surface area contributed by atoms with E-state index in [9.17, 15) is 4.79 Å². The van der Waals surface area contributed by atoms with Crippen LogP contribution in [-0.2, 0) is 9.47 Å². The molecule has 0 saturated carbocycles. The number of nitrogens with zero attached hydrogens (tertiary/aromatic N) is 2. The van der Waals surface area contributed by atoms with E-state index in [0.29, 0.717) is 13.2 Å². The monoisotopic (exact) mass is 254 g/mol. The second kappa shape index (κ2) is 5.05. The number of carbonyl (C=O) groups is 1. The minimum atomic E-state index is -0.376. The Morgan fingerprint density at radius 2 is 1.39 bits per heavy atom. The number of urea groups is 1. The molecule has 0 unspecified atom stereocenters. The summed E-state index contributed by atoms with van der Waals surface area (Å²) in [7, 11) is 0. The fraction of sp³-hybridized carbons (Fsp3) is 0.923. The van der Waals surface area contributed by atoms with E-state index in [1.165, 1.54) is 6.42 Å². The van der Waals surface area contributed by atoms with Gasteiger partial charge in [-0.3, -0.25) is 0 Å². The fourth-order valence-corrected chi connectivity index (χ4v) is 3.11. The molecule has 5 nitrogen and oxygen atoms in total. The maximum atomic E-state index is 12.3. The predicted molar refractivity (Wildman–Crippen MR) is 66.3 cm³/mol. The summed E-state index contributed by atoms with van der Waals surface area (Å²) in [5.41, 5.74) is 0. The molecule has 0 aliphatic carbocycles. The van der Waals surface area contributed by atoms with Crippen LogP contribution in [0.5, 0.6) is 0 Å². The molecule has 3 saturated heterocycles. The third-order valence-corrected chi connectivity index (χ3v) is 4.24. The summed E-state index contributed by atoms with van der Waals surface area (Å²) in [6, 6.07) is 0.211. The number of hydrogen-bond acceptors (Lipinski definition) is 3. The quantitative estimate of drug-likeness (QED) is 0.657. The summed E-state index contributed by atoms with van der Waals surface area (Å²) in [6.07, 6.45) is 5.18. The Morgan fingerprint density at radius 1 is 0.833 bits per heavy atom. The van der Waals surface area contributed by atoms with Gasteiger partial charge in [-0.05, 0) is 19.3 Å². The van der Waals surface area contributed by atoms with Crippen LogP contribution in [0.25, 0.3) is 0 Å². The normalized spacial score (nSPS) is 27.8. The Balaban J connectivity index is 1.53. The van der Waals surface area contributed by atoms with Crippen molar-refractivity contribution in [1.29, 1.82) is 0 Å². The van der Waals surface area contributed by atoms with Crippen molar-refractivity contribution in [2.75, 3.05) is 39.4 Å². The first kappa shape index (κ1) is 12.2. The van der Waals surface area contributed by atoms with E-state index in [1.807, 2.05) is 9.80 Å². The van der Waals surface area contributed by atoms with Gasteiger partial charge in [0, 0.05) is 39.0 Å². The fourth-order valence-electron chi connectivity index (χ4n) is 3.11. The first-order chi connectivity index (χ1) is 8.79. The molecule has 3 heterocycles. The summed E-state index contributed by atoms with van der Waals surface area (Å²) in [5, 5.41) is 0. The highest BCUT2D eigenvalue weighted by Gasteiger charge is 2.41. The molecular formula is C13H22N2O3. The lowest BCUT2D eigenvalue weighted by molar-refractivity contribution is -0.181. The van der Waals surface area contributed by atoms with Gasteiger partial charge in [-0.2, -0.15) is 0 Å². The van der Waals surface area contributed by atoms with E-state index < -0.39 is 0 Å². The molecule has 2 amide bonds. The Labute approximate surface area is 108 Å². The van der Waals surface area contributed by atoms with E-state index >= 15 is 0 Å². The molecule has 0 aromatic rings. The summed E-state index contributed by atoms with van der Waals surface area (Å²) in [4.78, 5) is 16.3. The summed E-state index contributed by atoms with van der Waals surface area (Å²) < 4.78 is 11.4. The molecule has 5 heteroatoms. The number of ether oxygens (including phenoxy) is 2. The topological polar surface area (TPSA) is 42.0 Å². The lowest BCUT2D eigenvalue weighted by atomic mass is 10.0. The average molecular weight is 254 g/mol. The van der Waals surface area contributed by atoms with Crippen LogP contribution >= 0.6 is 0 Å². The van der Waals surface area contributed by atoms with Crippen LogP contribution in [0.3, 0.4) is 0 Å². The third kappa shape index (κ3) is 2.34. The molecule has 0 bridgehead atoms. The summed E-state index contributed by atoms with van der Waals surface area (Å²) in [5.74, 6) is -0.376. The SMILES string of the molecule is O=C(N1CCCCC1)N1CCC2(CC1)OCCO2. The molecule has 3 fully saturated rings. The maximum Gasteiger partial charge on any atom is 0.320 e. The summed E-state index contributed by atoms with van der Waals surface area (Å²) >= 11 is 0. The molecule has 0 radical (unpaired) electrons. The van der Waals surface area contributed by atoms with Crippen LogP contribution in [0, 0.1) is 0 Å². The smallest absolute Gasteiger partial charge is 0.320 e. The first-order valence-corrected chi connectivity index (χ1v) is 7.11. The second-order valence-corrected chi connectivity index (χ2v) is 5.42. The van der Waals surface area contributed by atoms with Crippen molar-refractivity contribution in [2.45, 2.75) is 37.9 Å². The van der Waals surface area contributed by atoms with Gasteiger partial charge < -0.3 is 19.3 Å². The van der Waals surface area contributed by atoms with Gasteiger partial charge in [0.2, 0.25) is 0 Å². The zero-order valence-corrected chi connectivity index (χ0v) is 10.9. The highest BCUT2D eigenvalue weighted by atomic mass is 16.7. The number of amides is 2. The molecule has 0 aromatic heterocycles. The van der Waals surface area contributed by atoms with E-state index in [-0.39, 0.29) is 11.8 Å². The molecule has 0 N–H and O–H groups in total. The van der Waals surface area contributed by atoms with Gasteiger partial charge in [-0.25, -0.2) is 4.79 Å². The maximum absolute atomic E-state index is 12.3. The minimum absolute atomic E-state index is 0.211. The third-order valence-electron chi connectivity index (χ3n) is 4.24. The van der Waals surface area contributed by atoms with E-state index in [1.54, 1.807) is 0 Å². The van der Waals surface area contributed by atoms with Gasteiger partial charge in [0.25, 0.3) is 0 Å². The van der Waals surface area contributed by atoms with Crippen LogP contribution in [0.2, 0.25) is 0 Å². The number of likely N-dealkylation sites (tertiary alicyclic amines) is 2. The van der Waals surface area contributed by atoms with Crippen molar-refractivity contribution in [1.82, 2.24) is 9.80 Å². The number of rotatable bonds is 0. The van der Waals surface area contributed by atoms with Gasteiger partial charge in [-0.1, -0.05) is 0 Å². The van der Waals surface area contributed by atoms with E-state index in [0.717, 1.165) is 51.9 Å². The van der Waals surface area contributed by atoms with Crippen LogP contribution in [-0.4, -0.2) is 61.0 Å². The lowest BCUT2D eigenvalue weighted by Crippen LogP contribution is -2.52. The Morgan fingerprint density at radius 3 is 2.00 bits per heavy atom. The Bertz CT molecular complexity index is 299. The zero-order chi connectivity index (χ0) is 12.4. The molecule has 1 spiro atoms. The van der Waals surface area contributed by atoms with Gasteiger partial charge in [0.15, 0.2) is 5.79 Å². The molecule has 0 aromatic carbocycles. The largest absolute Gasteiger partial charge is 0.347 e. The molecule has 3 aliphatic rings. The molecular weight excluding hydrogens is 232 g/mol. The zero-order valence-electron chi connectivity index (χ0n) is 10.9. The highest BCUT2D eigenvalue weighted by molar-refractivity contribution is 5.74. The van der Waals surface area contributed by atoms with E-state index in [2.05, 4.69) is 0 Å². The van der Waals surface area contributed by atoms with Crippen LogP contribution in [0.1, 0.15) is 32.1 Å². The standard InChI is InChI=1S/C13H22N2O3/c16-12(14-6-2-1-3-7-14)15-8-4-13(5-9-15)17-10-11-18-13/h1-11H2. The van der Waals surface area contributed by atoms with Crippen molar-refractivity contribution in [3.8, 4) is 0 Å². The van der Waals surface area contributed by atoms with Crippen molar-refractivity contribution < 1.29 is 14.3 Å². The Kier molecular flexibility index (Phi) is 3.43. The summed E-state index contributed by atoms with van der Waals surface area (Å²) in [6.45, 7) is 4.76. The van der Waals surface area contributed by atoms with Gasteiger partial charge >= 0.3 is 6.03 Å². The lowest BCUT2D eigenvalue weighted by Gasteiger charge is -2.40. The van der Waals surface area contributed by atoms with Crippen LogP contribution in [0.4, 0.5) is 4.79 Å². The number of carbonyl (C=O) groups excluding carboxylic acids is 1. The number of hydrogen-bond donors (Lipinski definition) is 0. The first-order valence-electron chi connectivity index (χ1n) is 7.11. The van der Waals surface area contributed by atoms with Crippen LogP contribution in [0.15, 0.2) is 0 Å². The molecule has 3 rings (SSSR count). The van der Waals surface area contributed by atoms with Crippen molar-refractivity contribution in [3.05, 3.63) is 0 Å². The van der Waals surface area contributed by atoms with Crippen molar-refractivity contribution >= 4 is 6.03 Å². The second-order valence-electron chi connectivity index (χ2n) is 5.42. The van der Waals surface area contributed by atoms with Crippen molar-refractivity contribution in [3.63, 3.8) is 0 Å².